The van der Waals surface area contributed by atoms with Crippen LogP contribution in [0, 0.1) is 0 Å². The largest absolute Gasteiger partial charge is 0.369 e. The highest BCUT2D eigenvalue weighted by Crippen LogP contribution is 2.45. The molecule has 148 valence electrons. The number of anilines is 1. The lowest BCUT2D eigenvalue weighted by Gasteiger charge is -2.43. The Hall–Kier alpha value is -2.92. The Balaban J connectivity index is 1.41. The molecule has 2 aromatic carbocycles. The molecule has 1 aliphatic heterocycles. The summed E-state index contributed by atoms with van der Waals surface area (Å²) in [5.74, 6) is 0.622. The van der Waals surface area contributed by atoms with Crippen molar-refractivity contribution in [1.82, 2.24) is 9.88 Å². The molecule has 1 spiro atoms. The number of carbonyl (C=O) groups is 1. The van der Waals surface area contributed by atoms with Crippen molar-refractivity contribution in [3.63, 3.8) is 0 Å². The summed E-state index contributed by atoms with van der Waals surface area (Å²) in [5.41, 5.74) is 7.90. The third-order valence-corrected chi connectivity index (χ3v) is 6.31. The number of hydrogen-bond donors (Lipinski definition) is 1. The molecule has 1 amide bonds. The van der Waals surface area contributed by atoms with Crippen LogP contribution in [0.1, 0.15) is 24.1 Å². The minimum absolute atomic E-state index is 0.174. The van der Waals surface area contributed by atoms with E-state index < -0.39 is 0 Å². The van der Waals surface area contributed by atoms with Crippen molar-refractivity contribution < 1.29 is 4.79 Å². The zero-order valence-corrected chi connectivity index (χ0v) is 16.6. The van der Waals surface area contributed by atoms with E-state index in [9.17, 15) is 4.79 Å². The number of hydrogen-bond acceptors (Lipinski definition) is 4. The zero-order chi connectivity index (χ0) is 19.8. The number of primary amides is 1. The molecule has 0 unspecified atom stereocenters. The molecule has 2 heterocycles. The summed E-state index contributed by atoms with van der Waals surface area (Å²) in [5, 5.41) is 2.13. The van der Waals surface area contributed by atoms with Gasteiger partial charge in [0.15, 0.2) is 0 Å². The minimum Gasteiger partial charge on any atom is -0.369 e. The van der Waals surface area contributed by atoms with E-state index in [0.29, 0.717) is 0 Å². The fourth-order valence-corrected chi connectivity index (χ4v) is 4.59. The predicted octanol–water partition coefficient (Wildman–Crippen LogP) is 3.12. The van der Waals surface area contributed by atoms with Crippen molar-refractivity contribution in [2.24, 2.45) is 5.73 Å². The summed E-state index contributed by atoms with van der Waals surface area (Å²) >= 11 is 0. The van der Waals surface area contributed by atoms with E-state index in [1.165, 1.54) is 18.4 Å². The molecule has 2 N–H and O–H groups in total. The normalized spacial score (nSPS) is 18.3. The summed E-state index contributed by atoms with van der Waals surface area (Å²) < 4.78 is 0. The molecule has 5 heteroatoms. The summed E-state index contributed by atoms with van der Waals surface area (Å²) in [6.45, 7) is 3.96. The molecule has 2 fully saturated rings. The number of carbonyl (C=O) groups excluding carboxylic acids is 1. The van der Waals surface area contributed by atoms with Crippen molar-refractivity contribution in [2.45, 2.75) is 31.3 Å². The van der Waals surface area contributed by atoms with Crippen LogP contribution in [0.25, 0.3) is 10.8 Å². The number of fused-ring (bicyclic) bond motifs is 1. The van der Waals surface area contributed by atoms with E-state index in [4.69, 9.17) is 10.7 Å². The Morgan fingerprint density at radius 2 is 1.79 bits per heavy atom. The molecule has 1 aliphatic carbocycles. The van der Waals surface area contributed by atoms with Gasteiger partial charge >= 0.3 is 0 Å². The second-order valence-electron chi connectivity index (χ2n) is 8.34. The van der Waals surface area contributed by atoms with Gasteiger partial charge in [0, 0.05) is 37.1 Å². The predicted molar refractivity (Wildman–Crippen MR) is 116 cm³/mol. The van der Waals surface area contributed by atoms with E-state index in [0.717, 1.165) is 48.5 Å². The lowest BCUT2D eigenvalue weighted by atomic mass is 10.1. The van der Waals surface area contributed by atoms with Crippen molar-refractivity contribution in [3.8, 4) is 0 Å². The molecule has 5 nitrogen and oxygen atoms in total. The molecule has 3 aromatic rings. The SMILES string of the molecule is NC(=O)Cc1nc(N2CCN(Cc3ccccc3)C3(CC3)C2)cc2ccccc12. The van der Waals surface area contributed by atoms with Gasteiger partial charge in [-0.1, -0.05) is 54.6 Å². The summed E-state index contributed by atoms with van der Waals surface area (Å²) in [4.78, 5) is 21.5. The molecule has 5 rings (SSSR count). The quantitative estimate of drug-likeness (QED) is 0.732. The lowest BCUT2D eigenvalue weighted by molar-refractivity contribution is -0.117. The molecule has 0 bridgehead atoms. The molecular formula is C24H26N4O. The van der Waals surface area contributed by atoms with Crippen LogP contribution in [0.5, 0.6) is 0 Å². The van der Waals surface area contributed by atoms with Crippen LogP contribution in [0.2, 0.25) is 0 Å². The van der Waals surface area contributed by atoms with Gasteiger partial charge in [0.1, 0.15) is 5.82 Å². The average molecular weight is 386 g/mol. The maximum absolute atomic E-state index is 11.6. The minimum atomic E-state index is -0.342. The van der Waals surface area contributed by atoms with Gasteiger partial charge in [0.05, 0.1) is 12.1 Å². The van der Waals surface area contributed by atoms with Crippen molar-refractivity contribution in [3.05, 3.63) is 71.9 Å². The topological polar surface area (TPSA) is 62.5 Å². The first kappa shape index (κ1) is 18.1. The maximum atomic E-state index is 11.6. The monoisotopic (exact) mass is 386 g/mol. The smallest absolute Gasteiger partial charge is 0.223 e. The lowest BCUT2D eigenvalue weighted by Crippen LogP contribution is -2.54. The number of rotatable bonds is 5. The number of nitrogens with two attached hydrogens (primary N) is 1. The number of pyridine rings is 1. The fraction of sp³-hybridized carbons (Fsp3) is 0.333. The molecule has 1 aromatic heterocycles. The number of aromatic nitrogens is 1. The molecule has 1 saturated heterocycles. The van der Waals surface area contributed by atoms with E-state index in [2.05, 4.69) is 52.3 Å². The Kier molecular flexibility index (Phi) is 4.47. The molecule has 0 radical (unpaired) electrons. The fourth-order valence-electron chi connectivity index (χ4n) is 4.59. The Morgan fingerprint density at radius 1 is 1.03 bits per heavy atom. The standard InChI is InChI=1S/C24H26N4O/c25-22(29)15-21-20-9-5-4-8-19(20)14-23(26-21)27-12-13-28(24(17-27)10-11-24)16-18-6-2-1-3-7-18/h1-9,14H,10-13,15-17H2,(H2,25,29). The van der Waals surface area contributed by atoms with Crippen molar-refractivity contribution >= 4 is 22.5 Å². The highest BCUT2D eigenvalue weighted by atomic mass is 16.1. The molecule has 29 heavy (non-hydrogen) atoms. The number of amides is 1. The van der Waals surface area contributed by atoms with Crippen LogP contribution in [0.15, 0.2) is 60.7 Å². The van der Waals surface area contributed by atoms with Gasteiger partial charge in [-0.25, -0.2) is 4.98 Å². The van der Waals surface area contributed by atoms with Crippen LogP contribution < -0.4 is 10.6 Å². The van der Waals surface area contributed by atoms with Gasteiger partial charge in [0.25, 0.3) is 0 Å². The maximum Gasteiger partial charge on any atom is 0.223 e. The summed E-state index contributed by atoms with van der Waals surface area (Å²) in [6, 6.07) is 21.0. The Bertz CT molecular complexity index is 1050. The second kappa shape index (κ2) is 7.16. The van der Waals surface area contributed by atoms with E-state index in [1.54, 1.807) is 0 Å². The van der Waals surface area contributed by atoms with Gasteiger partial charge in [-0.15, -0.1) is 0 Å². The highest BCUT2D eigenvalue weighted by molar-refractivity contribution is 5.90. The van der Waals surface area contributed by atoms with Crippen LogP contribution in [-0.4, -0.2) is 41.0 Å². The molecular weight excluding hydrogens is 360 g/mol. The first-order valence-corrected chi connectivity index (χ1v) is 10.3. The Morgan fingerprint density at radius 3 is 2.55 bits per heavy atom. The molecule has 2 aliphatic rings. The van der Waals surface area contributed by atoms with Gasteiger partial charge in [-0.3, -0.25) is 9.69 Å². The Labute approximate surface area is 171 Å². The first-order valence-electron chi connectivity index (χ1n) is 10.3. The molecule has 0 atom stereocenters. The highest BCUT2D eigenvalue weighted by Gasteiger charge is 2.51. The summed E-state index contributed by atoms with van der Waals surface area (Å²) in [7, 11) is 0. The average Bonchev–Trinajstić information content (AvgIpc) is 3.50. The van der Waals surface area contributed by atoms with Gasteiger partial charge in [0.2, 0.25) is 5.91 Å². The third kappa shape index (κ3) is 3.58. The second-order valence-corrected chi connectivity index (χ2v) is 8.34. The summed E-state index contributed by atoms with van der Waals surface area (Å²) in [6.07, 6.45) is 2.64. The number of nitrogens with zero attached hydrogens (tertiary/aromatic N) is 3. The van der Waals surface area contributed by atoms with Gasteiger partial charge in [-0.2, -0.15) is 0 Å². The number of piperazine rings is 1. The van der Waals surface area contributed by atoms with Crippen LogP contribution in [-0.2, 0) is 17.8 Å². The van der Waals surface area contributed by atoms with Gasteiger partial charge in [-0.05, 0) is 29.9 Å². The van der Waals surface area contributed by atoms with Gasteiger partial charge < -0.3 is 10.6 Å². The van der Waals surface area contributed by atoms with E-state index in [-0.39, 0.29) is 17.9 Å². The van der Waals surface area contributed by atoms with Crippen molar-refractivity contribution in [1.29, 1.82) is 0 Å². The van der Waals surface area contributed by atoms with E-state index in [1.807, 2.05) is 18.2 Å². The zero-order valence-electron chi connectivity index (χ0n) is 16.6. The van der Waals surface area contributed by atoms with E-state index >= 15 is 0 Å². The van der Waals surface area contributed by atoms with Crippen LogP contribution in [0.3, 0.4) is 0 Å². The van der Waals surface area contributed by atoms with Crippen LogP contribution >= 0.6 is 0 Å². The third-order valence-electron chi connectivity index (χ3n) is 6.31. The number of benzene rings is 2. The first-order chi connectivity index (χ1) is 14.1. The van der Waals surface area contributed by atoms with Crippen LogP contribution in [0.4, 0.5) is 5.82 Å². The molecule has 1 saturated carbocycles. The van der Waals surface area contributed by atoms with Crippen molar-refractivity contribution in [2.75, 3.05) is 24.5 Å².